The molecule has 118 valence electrons. The van der Waals surface area contributed by atoms with Crippen LogP contribution in [0.3, 0.4) is 0 Å². The summed E-state index contributed by atoms with van der Waals surface area (Å²) in [5, 5.41) is 2.83. The number of nitrogens with one attached hydrogen (secondary N) is 1. The molecule has 1 aliphatic rings. The van der Waals surface area contributed by atoms with E-state index in [-0.39, 0.29) is 24.2 Å². The Hall–Kier alpha value is -1.59. The minimum absolute atomic E-state index is 0.134. The van der Waals surface area contributed by atoms with Crippen LogP contribution in [0.2, 0.25) is 0 Å². The lowest BCUT2D eigenvalue weighted by molar-refractivity contribution is -0.111. The Morgan fingerprint density at radius 3 is 2.27 bits per heavy atom. The van der Waals surface area contributed by atoms with Crippen LogP contribution in [0, 0.1) is 6.92 Å². The molecular weight excluding hydrogens is 277 g/mol. The van der Waals surface area contributed by atoms with Gasteiger partial charge in [-0.15, -0.1) is 0 Å². The number of rotatable bonds is 3. The fourth-order valence-electron chi connectivity index (χ4n) is 2.32. The van der Waals surface area contributed by atoms with E-state index in [4.69, 9.17) is 9.31 Å². The Balaban J connectivity index is 2.19. The zero-order valence-corrected chi connectivity index (χ0v) is 14.2. The van der Waals surface area contributed by atoms with Crippen LogP contribution in [0.25, 0.3) is 0 Å². The second-order valence-corrected chi connectivity index (χ2v) is 6.65. The van der Waals surface area contributed by atoms with Gasteiger partial charge in [0.1, 0.15) is 0 Å². The number of carbonyl (C=O) groups excluding carboxylic acids is 1. The second kappa shape index (κ2) is 5.90. The summed E-state index contributed by atoms with van der Waals surface area (Å²) in [6.07, 6.45) is 3.21. The molecule has 22 heavy (non-hydrogen) atoms. The van der Waals surface area contributed by atoms with Crippen molar-refractivity contribution in [1.82, 2.24) is 0 Å². The lowest BCUT2D eigenvalue weighted by Gasteiger charge is -2.32. The summed E-state index contributed by atoms with van der Waals surface area (Å²) in [4.78, 5) is 11.6. The van der Waals surface area contributed by atoms with Gasteiger partial charge in [0.25, 0.3) is 0 Å². The Kier molecular flexibility index (Phi) is 4.50. The molecule has 0 unspecified atom stereocenters. The van der Waals surface area contributed by atoms with E-state index in [9.17, 15) is 4.79 Å². The van der Waals surface area contributed by atoms with Gasteiger partial charge in [-0.1, -0.05) is 12.1 Å². The van der Waals surface area contributed by atoms with Crippen molar-refractivity contribution in [3.8, 4) is 0 Å². The smallest absolute Gasteiger partial charge is 0.399 e. The zero-order chi connectivity index (χ0) is 16.5. The Bertz CT molecular complexity index is 592. The van der Waals surface area contributed by atoms with Crippen LogP contribution in [-0.4, -0.2) is 24.2 Å². The molecule has 1 N–H and O–H groups in total. The highest BCUT2D eigenvalue weighted by molar-refractivity contribution is 6.62. The summed E-state index contributed by atoms with van der Waals surface area (Å²) < 4.78 is 12.1. The van der Waals surface area contributed by atoms with Crippen LogP contribution >= 0.6 is 0 Å². The molecule has 1 saturated heterocycles. The first-order valence-corrected chi connectivity index (χ1v) is 7.56. The molecule has 0 spiro atoms. The Labute approximate surface area is 133 Å². The molecule has 1 aliphatic heterocycles. The minimum Gasteiger partial charge on any atom is -0.399 e. The molecule has 0 saturated carbocycles. The quantitative estimate of drug-likeness (QED) is 0.690. The van der Waals surface area contributed by atoms with Gasteiger partial charge in [0.05, 0.1) is 11.2 Å². The van der Waals surface area contributed by atoms with Crippen molar-refractivity contribution in [3.63, 3.8) is 0 Å². The summed E-state index contributed by atoms with van der Waals surface area (Å²) >= 11 is 0. The van der Waals surface area contributed by atoms with Gasteiger partial charge in [0.15, 0.2) is 0 Å². The topological polar surface area (TPSA) is 47.6 Å². The van der Waals surface area contributed by atoms with Gasteiger partial charge in [-0.25, -0.2) is 0 Å². The lowest BCUT2D eigenvalue weighted by Crippen LogP contribution is -2.41. The van der Waals surface area contributed by atoms with E-state index in [1.165, 1.54) is 6.08 Å². The standard InChI is InChI=1S/C17H24BNO3/c1-7-8-15(20)19-13-9-10-14(12(2)11-13)18-21-16(3,4)17(5,6)22-18/h7-11H,1-6H3,(H,19,20)/b8-7+. The van der Waals surface area contributed by atoms with Crippen LogP contribution in [0.15, 0.2) is 30.4 Å². The van der Waals surface area contributed by atoms with Gasteiger partial charge in [-0.05, 0) is 70.8 Å². The molecule has 0 atom stereocenters. The van der Waals surface area contributed by atoms with Crippen LogP contribution in [0.1, 0.15) is 40.2 Å². The van der Waals surface area contributed by atoms with Gasteiger partial charge in [-0.3, -0.25) is 4.79 Å². The summed E-state index contributed by atoms with van der Waals surface area (Å²) in [5.41, 5.74) is 2.06. The maximum atomic E-state index is 11.6. The van der Waals surface area contributed by atoms with Crippen LogP contribution in [-0.2, 0) is 14.1 Å². The molecule has 0 bridgehead atoms. The number of benzene rings is 1. The molecule has 1 aromatic carbocycles. The third-order valence-corrected chi connectivity index (χ3v) is 4.36. The van der Waals surface area contributed by atoms with E-state index in [2.05, 4.69) is 5.32 Å². The van der Waals surface area contributed by atoms with Crippen molar-refractivity contribution >= 4 is 24.2 Å². The van der Waals surface area contributed by atoms with Gasteiger partial charge in [0, 0.05) is 5.69 Å². The molecular formula is C17H24BNO3. The maximum Gasteiger partial charge on any atom is 0.495 e. The number of aryl methyl sites for hydroxylation is 1. The average Bonchev–Trinajstić information content (AvgIpc) is 2.58. The summed E-state index contributed by atoms with van der Waals surface area (Å²) in [7, 11) is -0.384. The molecule has 5 heteroatoms. The van der Waals surface area contributed by atoms with Crippen molar-refractivity contribution < 1.29 is 14.1 Å². The highest BCUT2D eigenvalue weighted by atomic mass is 16.7. The van der Waals surface area contributed by atoms with Crippen LogP contribution in [0.5, 0.6) is 0 Å². The summed E-state index contributed by atoms with van der Waals surface area (Å²) in [6, 6.07) is 5.75. The minimum atomic E-state index is -0.384. The normalized spacial score (nSPS) is 19.6. The molecule has 0 radical (unpaired) electrons. The summed E-state index contributed by atoms with van der Waals surface area (Å²) in [5.74, 6) is -0.134. The van der Waals surface area contributed by atoms with Gasteiger partial charge in [-0.2, -0.15) is 0 Å². The highest BCUT2D eigenvalue weighted by Gasteiger charge is 2.51. The van der Waals surface area contributed by atoms with E-state index in [1.807, 2.05) is 59.7 Å². The number of amides is 1. The Morgan fingerprint density at radius 2 is 1.77 bits per heavy atom. The monoisotopic (exact) mass is 301 g/mol. The van der Waals surface area contributed by atoms with Crippen molar-refractivity contribution in [1.29, 1.82) is 0 Å². The molecule has 4 nitrogen and oxygen atoms in total. The van der Waals surface area contributed by atoms with E-state index in [1.54, 1.807) is 6.08 Å². The molecule has 1 fully saturated rings. The van der Waals surface area contributed by atoms with E-state index in [0.29, 0.717) is 0 Å². The van der Waals surface area contributed by atoms with Crippen molar-refractivity contribution in [2.24, 2.45) is 0 Å². The Morgan fingerprint density at radius 1 is 1.18 bits per heavy atom. The fourth-order valence-corrected chi connectivity index (χ4v) is 2.32. The average molecular weight is 301 g/mol. The number of carbonyl (C=O) groups is 1. The molecule has 1 amide bonds. The van der Waals surface area contributed by atoms with Crippen LogP contribution < -0.4 is 10.8 Å². The van der Waals surface area contributed by atoms with Crippen molar-refractivity contribution in [2.75, 3.05) is 5.32 Å². The number of hydrogen-bond donors (Lipinski definition) is 1. The van der Waals surface area contributed by atoms with E-state index >= 15 is 0 Å². The molecule has 1 heterocycles. The first kappa shape index (κ1) is 16.8. The molecule has 1 aromatic rings. The number of hydrogen-bond acceptors (Lipinski definition) is 3. The molecule has 0 aromatic heterocycles. The zero-order valence-electron chi connectivity index (χ0n) is 14.2. The SMILES string of the molecule is C/C=C/C(=O)Nc1ccc(B2OC(C)(C)C(C)(C)O2)c(C)c1. The first-order chi connectivity index (χ1) is 10.2. The van der Waals surface area contributed by atoms with Gasteiger partial charge >= 0.3 is 7.12 Å². The largest absolute Gasteiger partial charge is 0.495 e. The predicted octanol–water partition coefficient (Wildman–Crippen LogP) is 2.81. The predicted molar refractivity (Wildman–Crippen MR) is 90.3 cm³/mol. The molecule has 2 rings (SSSR count). The van der Waals surface area contributed by atoms with Crippen molar-refractivity contribution in [3.05, 3.63) is 35.9 Å². The van der Waals surface area contributed by atoms with Gasteiger partial charge in [0.2, 0.25) is 5.91 Å². The molecule has 0 aliphatic carbocycles. The fraction of sp³-hybridized carbons (Fsp3) is 0.471. The maximum absolute atomic E-state index is 11.6. The van der Waals surface area contributed by atoms with Gasteiger partial charge < -0.3 is 14.6 Å². The lowest BCUT2D eigenvalue weighted by atomic mass is 9.76. The number of anilines is 1. The third-order valence-electron chi connectivity index (χ3n) is 4.36. The van der Waals surface area contributed by atoms with Crippen LogP contribution in [0.4, 0.5) is 5.69 Å². The number of allylic oxidation sites excluding steroid dienone is 1. The summed E-state index contributed by atoms with van der Waals surface area (Å²) in [6.45, 7) is 11.9. The highest BCUT2D eigenvalue weighted by Crippen LogP contribution is 2.36. The first-order valence-electron chi connectivity index (χ1n) is 7.56. The van der Waals surface area contributed by atoms with Crippen molar-refractivity contribution in [2.45, 2.75) is 52.7 Å². The van der Waals surface area contributed by atoms with E-state index < -0.39 is 0 Å². The third kappa shape index (κ3) is 3.26. The second-order valence-electron chi connectivity index (χ2n) is 6.65. The van der Waals surface area contributed by atoms with E-state index in [0.717, 1.165) is 16.7 Å².